The molecule has 28 heavy (non-hydrogen) atoms. The summed E-state index contributed by atoms with van der Waals surface area (Å²) in [7, 11) is 1.88. The summed E-state index contributed by atoms with van der Waals surface area (Å²) in [4.78, 5) is 16.4. The Bertz CT molecular complexity index is 1180. The Balaban J connectivity index is 1.62. The molecule has 0 saturated carbocycles. The van der Waals surface area contributed by atoms with Gasteiger partial charge in [-0.25, -0.2) is 13.8 Å². The Hall–Kier alpha value is -3.61. The molecule has 0 unspecified atom stereocenters. The summed E-state index contributed by atoms with van der Waals surface area (Å²) < 4.78 is 29.3. The van der Waals surface area contributed by atoms with E-state index >= 15 is 0 Å². The first-order valence-corrected chi connectivity index (χ1v) is 8.58. The molecule has 0 radical (unpaired) electrons. The van der Waals surface area contributed by atoms with E-state index in [9.17, 15) is 13.6 Å². The number of benzene rings is 2. The third-order valence-corrected chi connectivity index (χ3v) is 4.60. The monoisotopic (exact) mass is 378 g/mol. The van der Waals surface area contributed by atoms with Crippen LogP contribution in [0.5, 0.6) is 0 Å². The van der Waals surface area contributed by atoms with Crippen LogP contribution in [-0.2, 0) is 7.05 Å². The molecule has 1 N–H and O–H groups in total. The van der Waals surface area contributed by atoms with E-state index in [-0.39, 0.29) is 5.82 Å². The van der Waals surface area contributed by atoms with Gasteiger partial charge in [-0.2, -0.15) is 5.10 Å². The highest BCUT2D eigenvalue weighted by Gasteiger charge is 2.17. The number of hydrogen-bond acceptors (Lipinski definition) is 3. The van der Waals surface area contributed by atoms with Crippen LogP contribution < -0.4 is 5.32 Å². The second kappa shape index (κ2) is 6.84. The maximum absolute atomic E-state index is 13.7. The van der Waals surface area contributed by atoms with Crippen molar-refractivity contribution in [3.63, 3.8) is 0 Å². The van der Waals surface area contributed by atoms with Crippen LogP contribution >= 0.6 is 0 Å². The average Bonchev–Trinajstić information content (AvgIpc) is 3.01. The third-order valence-electron chi connectivity index (χ3n) is 4.60. The number of pyridine rings is 1. The maximum atomic E-state index is 13.7. The lowest BCUT2D eigenvalue weighted by molar-refractivity contribution is 0.101. The number of anilines is 1. The van der Waals surface area contributed by atoms with Gasteiger partial charge in [0.1, 0.15) is 23.0 Å². The molecule has 4 aromatic rings. The van der Waals surface area contributed by atoms with E-state index < -0.39 is 23.1 Å². The summed E-state index contributed by atoms with van der Waals surface area (Å²) in [5, 5.41) is 7.73. The van der Waals surface area contributed by atoms with Crippen molar-refractivity contribution >= 4 is 22.6 Å². The topological polar surface area (TPSA) is 59.8 Å². The number of fused-ring (bicyclic) bond motifs is 1. The standard InChI is InChI=1S/C21H16F2N4O/c1-12-8-14-11-25-27(2)18(14)9-15(12)13-6-7-19(24-10-13)26-21(28)20-16(22)4-3-5-17(20)23/h3-11H,1-2H3,(H,24,26,28). The quantitative estimate of drug-likeness (QED) is 0.572. The van der Waals surface area contributed by atoms with Crippen LogP contribution in [0, 0.1) is 18.6 Å². The van der Waals surface area contributed by atoms with Gasteiger partial charge in [-0.15, -0.1) is 0 Å². The Morgan fingerprint density at radius 1 is 1.07 bits per heavy atom. The highest BCUT2D eigenvalue weighted by Crippen LogP contribution is 2.28. The first kappa shape index (κ1) is 17.8. The van der Waals surface area contributed by atoms with Crippen molar-refractivity contribution in [2.24, 2.45) is 7.05 Å². The number of hydrogen-bond donors (Lipinski definition) is 1. The van der Waals surface area contributed by atoms with E-state index in [1.165, 1.54) is 6.07 Å². The molecule has 0 saturated heterocycles. The van der Waals surface area contributed by atoms with Crippen LogP contribution in [0.3, 0.4) is 0 Å². The van der Waals surface area contributed by atoms with Crippen LogP contribution in [0.2, 0.25) is 0 Å². The summed E-state index contributed by atoms with van der Waals surface area (Å²) in [6.07, 6.45) is 3.42. The number of nitrogens with zero attached hydrogens (tertiary/aromatic N) is 3. The van der Waals surface area contributed by atoms with E-state index in [0.29, 0.717) is 0 Å². The molecular weight excluding hydrogens is 362 g/mol. The molecule has 0 aliphatic carbocycles. The van der Waals surface area contributed by atoms with Crippen LogP contribution in [0.4, 0.5) is 14.6 Å². The fraction of sp³-hybridized carbons (Fsp3) is 0.0952. The fourth-order valence-corrected chi connectivity index (χ4v) is 3.15. The molecule has 4 rings (SSSR count). The number of carbonyl (C=O) groups is 1. The second-order valence-electron chi connectivity index (χ2n) is 6.48. The lowest BCUT2D eigenvalue weighted by Crippen LogP contribution is -2.16. The van der Waals surface area contributed by atoms with Crippen molar-refractivity contribution in [2.75, 3.05) is 5.32 Å². The second-order valence-corrected chi connectivity index (χ2v) is 6.48. The number of nitrogens with one attached hydrogen (secondary N) is 1. The molecule has 0 atom stereocenters. The van der Waals surface area contributed by atoms with Gasteiger partial charge >= 0.3 is 0 Å². The molecule has 1 amide bonds. The predicted octanol–water partition coefficient (Wildman–Crippen LogP) is 4.47. The van der Waals surface area contributed by atoms with Gasteiger partial charge in [0, 0.05) is 24.2 Å². The Kier molecular flexibility index (Phi) is 4.35. The first-order valence-electron chi connectivity index (χ1n) is 8.58. The van der Waals surface area contributed by atoms with Crippen LogP contribution in [-0.4, -0.2) is 20.7 Å². The van der Waals surface area contributed by atoms with Crippen molar-refractivity contribution < 1.29 is 13.6 Å². The minimum atomic E-state index is -0.922. The Morgan fingerprint density at radius 3 is 2.50 bits per heavy atom. The molecule has 0 aliphatic heterocycles. The van der Waals surface area contributed by atoms with Crippen molar-refractivity contribution in [2.45, 2.75) is 6.92 Å². The molecule has 0 bridgehead atoms. The largest absolute Gasteiger partial charge is 0.306 e. The highest BCUT2D eigenvalue weighted by atomic mass is 19.1. The molecular formula is C21H16F2N4O. The summed E-state index contributed by atoms with van der Waals surface area (Å²) in [5.41, 5.74) is 3.27. The Morgan fingerprint density at radius 2 is 1.82 bits per heavy atom. The van der Waals surface area contributed by atoms with Crippen molar-refractivity contribution in [3.05, 3.63) is 77.6 Å². The smallest absolute Gasteiger partial charge is 0.262 e. The molecule has 2 heterocycles. The minimum Gasteiger partial charge on any atom is -0.306 e. The molecule has 0 spiro atoms. The van der Waals surface area contributed by atoms with Gasteiger partial charge in [-0.05, 0) is 54.4 Å². The van der Waals surface area contributed by atoms with Crippen LogP contribution in [0.15, 0.2) is 54.9 Å². The zero-order chi connectivity index (χ0) is 19.8. The number of aryl methyl sites for hydroxylation is 2. The fourth-order valence-electron chi connectivity index (χ4n) is 3.15. The average molecular weight is 378 g/mol. The highest BCUT2D eigenvalue weighted by molar-refractivity contribution is 6.04. The third kappa shape index (κ3) is 3.11. The van der Waals surface area contributed by atoms with Crippen molar-refractivity contribution in [1.82, 2.24) is 14.8 Å². The minimum absolute atomic E-state index is 0.204. The van der Waals surface area contributed by atoms with Gasteiger partial charge in [0.05, 0.1) is 11.7 Å². The Labute approximate surface area is 159 Å². The van der Waals surface area contributed by atoms with Gasteiger partial charge in [-0.1, -0.05) is 6.07 Å². The van der Waals surface area contributed by atoms with Crippen molar-refractivity contribution in [1.29, 1.82) is 0 Å². The normalized spacial score (nSPS) is 11.0. The first-order chi connectivity index (χ1) is 13.4. The number of amides is 1. The lowest BCUT2D eigenvalue weighted by atomic mass is 10.0. The summed E-state index contributed by atoms with van der Waals surface area (Å²) in [5.74, 6) is -2.53. The van der Waals surface area contributed by atoms with Gasteiger partial charge < -0.3 is 5.32 Å². The molecule has 2 aromatic carbocycles. The number of halogens is 2. The zero-order valence-electron chi connectivity index (χ0n) is 15.2. The summed E-state index contributed by atoms with van der Waals surface area (Å²) >= 11 is 0. The lowest BCUT2D eigenvalue weighted by Gasteiger charge is -2.09. The summed E-state index contributed by atoms with van der Waals surface area (Å²) in [6.45, 7) is 2.00. The molecule has 0 aliphatic rings. The van der Waals surface area contributed by atoms with Crippen molar-refractivity contribution in [3.8, 4) is 11.1 Å². The molecule has 0 fully saturated rings. The number of aromatic nitrogens is 3. The van der Waals surface area contributed by atoms with Crippen LogP contribution in [0.1, 0.15) is 15.9 Å². The van der Waals surface area contributed by atoms with Crippen LogP contribution in [0.25, 0.3) is 22.0 Å². The summed E-state index contributed by atoms with van der Waals surface area (Å²) in [6, 6.07) is 10.7. The SMILES string of the molecule is Cc1cc2cnn(C)c2cc1-c1ccc(NC(=O)c2c(F)cccc2F)nc1. The van der Waals surface area contributed by atoms with E-state index in [1.807, 2.05) is 32.3 Å². The van der Waals surface area contributed by atoms with Gasteiger partial charge in [0.2, 0.25) is 0 Å². The van der Waals surface area contributed by atoms with Gasteiger partial charge in [-0.3, -0.25) is 9.48 Å². The number of rotatable bonds is 3. The molecule has 7 heteroatoms. The molecule has 2 aromatic heterocycles. The molecule has 140 valence electrons. The zero-order valence-corrected chi connectivity index (χ0v) is 15.2. The van der Waals surface area contributed by atoms with E-state index in [1.54, 1.807) is 23.0 Å². The predicted molar refractivity (Wildman–Crippen MR) is 103 cm³/mol. The van der Waals surface area contributed by atoms with Gasteiger partial charge in [0.25, 0.3) is 5.91 Å². The van der Waals surface area contributed by atoms with Gasteiger partial charge in [0.15, 0.2) is 0 Å². The maximum Gasteiger partial charge on any atom is 0.262 e. The van der Waals surface area contributed by atoms with E-state index in [4.69, 9.17) is 0 Å². The molecule has 5 nitrogen and oxygen atoms in total. The van der Waals surface area contributed by atoms with E-state index in [0.717, 1.165) is 39.7 Å². The number of carbonyl (C=O) groups excluding carboxylic acids is 1. The van der Waals surface area contributed by atoms with E-state index in [2.05, 4.69) is 15.4 Å².